The van der Waals surface area contributed by atoms with E-state index in [4.69, 9.17) is 14.0 Å². The van der Waals surface area contributed by atoms with Gasteiger partial charge < -0.3 is 18.9 Å². The lowest BCUT2D eigenvalue weighted by Crippen LogP contribution is -2.33. The topological polar surface area (TPSA) is 102 Å². The highest BCUT2D eigenvalue weighted by Gasteiger charge is 2.36. The van der Waals surface area contributed by atoms with Gasteiger partial charge in [-0.15, -0.1) is 0 Å². The third-order valence-electron chi connectivity index (χ3n) is 10.7. The summed E-state index contributed by atoms with van der Waals surface area (Å²) in [5.74, 6) is -0.885. The average Bonchev–Trinajstić information content (AvgIpc) is 3.41. The second-order valence-electron chi connectivity index (χ2n) is 15.7. The van der Waals surface area contributed by atoms with Crippen molar-refractivity contribution in [3.63, 3.8) is 0 Å². The number of unbranched alkanes of at least 4 members (excludes halogenated alkanes) is 26. The molecule has 1 aliphatic heterocycles. The Kier molecular flexibility index (Phi) is 29.2. The van der Waals surface area contributed by atoms with Gasteiger partial charge in [0.15, 0.2) is 0 Å². The van der Waals surface area contributed by atoms with Gasteiger partial charge in [-0.05, 0) is 25.0 Å². The maximum Gasteiger partial charge on any atom is 0.330 e. The number of hydrogen-bond acceptors (Lipinski definition) is 6. The van der Waals surface area contributed by atoms with E-state index in [1.54, 1.807) is 24.3 Å². The number of rotatable bonds is 39. The van der Waals surface area contributed by atoms with Crippen LogP contribution in [0.5, 0.6) is 0 Å². The van der Waals surface area contributed by atoms with Crippen molar-refractivity contribution in [3.8, 4) is 0 Å². The van der Waals surface area contributed by atoms with Gasteiger partial charge in [-0.3, -0.25) is 19.1 Å². The number of ether oxygens (including phenoxy) is 2. The number of amides is 2. The third kappa shape index (κ3) is 23.5. The van der Waals surface area contributed by atoms with E-state index in [0.717, 1.165) is 30.6 Å². The first-order valence-electron chi connectivity index (χ1n) is 22.5. The Morgan fingerprint density at radius 3 is 1.33 bits per heavy atom. The Balaban J connectivity index is 1.62. The van der Waals surface area contributed by atoms with Gasteiger partial charge in [0, 0.05) is 19.8 Å². The molecule has 1 aromatic carbocycles. The zero-order chi connectivity index (χ0) is 39.0. The summed E-state index contributed by atoms with van der Waals surface area (Å²) in [6.45, 7) is 5.77. The highest BCUT2D eigenvalue weighted by Crippen LogP contribution is 2.42. The van der Waals surface area contributed by atoms with Crippen molar-refractivity contribution in [1.29, 1.82) is 0 Å². The number of benzene rings is 1. The molecule has 0 aliphatic carbocycles. The fraction of sp³-hybridized carbons (Fsp3) is 0.822. The van der Waals surface area contributed by atoms with E-state index in [0.29, 0.717) is 30.9 Å². The molecule has 0 aromatic heterocycles. The molecular weight excluding hydrogens is 697 g/mol. The lowest BCUT2D eigenvalue weighted by Gasteiger charge is -2.21. The molecule has 1 N–H and O–H groups in total. The fourth-order valence-electron chi connectivity index (χ4n) is 7.24. The van der Waals surface area contributed by atoms with Crippen molar-refractivity contribution in [2.45, 2.75) is 200 Å². The van der Waals surface area contributed by atoms with Gasteiger partial charge in [-0.25, -0.2) is 0 Å². The van der Waals surface area contributed by atoms with Crippen LogP contribution < -0.4 is 0 Å². The van der Waals surface area contributed by atoms with Gasteiger partial charge in [0.25, 0.3) is 11.8 Å². The lowest BCUT2D eigenvalue weighted by molar-refractivity contribution is -0.0403. The fourth-order valence-corrected chi connectivity index (χ4v) is 8.22. The Hall–Kier alpha value is -1.57. The quantitative estimate of drug-likeness (QED) is 0.0403. The summed E-state index contributed by atoms with van der Waals surface area (Å²) < 4.78 is 30.6. The molecule has 1 aliphatic rings. The third-order valence-corrected chi connectivity index (χ3v) is 12.1. The summed E-state index contributed by atoms with van der Waals surface area (Å²) in [4.78, 5) is 37.0. The lowest BCUT2D eigenvalue weighted by atomic mass is 10.0. The van der Waals surface area contributed by atoms with Crippen LogP contribution in [0, 0.1) is 0 Å². The first-order chi connectivity index (χ1) is 26.4. The molecule has 1 unspecified atom stereocenters. The Morgan fingerprint density at radius 1 is 0.556 bits per heavy atom. The minimum atomic E-state index is -4.08. The van der Waals surface area contributed by atoms with Crippen LogP contribution in [0.3, 0.4) is 0 Å². The number of imide groups is 1. The first-order valence-corrected chi connectivity index (χ1v) is 24.3. The van der Waals surface area contributed by atoms with Crippen molar-refractivity contribution < 1.29 is 33.0 Å². The van der Waals surface area contributed by atoms with E-state index in [-0.39, 0.29) is 19.3 Å². The monoisotopic (exact) mass is 778 g/mol. The van der Waals surface area contributed by atoms with E-state index in [9.17, 15) is 19.0 Å². The zero-order valence-corrected chi connectivity index (χ0v) is 35.6. The molecule has 0 bridgehead atoms. The smallest absolute Gasteiger partial charge is 0.330 e. The second-order valence-corrected chi connectivity index (χ2v) is 17.7. The van der Waals surface area contributed by atoms with Gasteiger partial charge in [0.05, 0.1) is 30.5 Å². The molecule has 0 saturated carbocycles. The predicted octanol–water partition coefficient (Wildman–Crippen LogP) is 12.8. The van der Waals surface area contributed by atoms with Crippen LogP contribution in [0.4, 0.5) is 0 Å². The van der Waals surface area contributed by atoms with Crippen LogP contribution >= 0.6 is 7.60 Å². The van der Waals surface area contributed by atoms with Crippen molar-refractivity contribution in [3.05, 3.63) is 35.4 Å². The minimum absolute atomic E-state index is 0.0762. The molecule has 2 rings (SSSR count). The molecule has 8 nitrogen and oxygen atoms in total. The maximum atomic E-state index is 13.0. The summed E-state index contributed by atoms with van der Waals surface area (Å²) in [6.07, 6.45) is 35.6. The van der Waals surface area contributed by atoms with E-state index in [2.05, 4.69) is 13.8 Å². The molecule has 54 heavy (non-hydrogen) atoms. The van der Waals surface area contributed by atoms with E-state index < -0.39 is 25.5 Å². The summed E-state index contributed by atoms with van der Waals surface area (Å²) in [6, 6.07) is 6.61. The standard InChI is InChI=1S/C45H80NO7P/c1-3-5-7-9-11-13-15-17-19-21-23-25-27-31-36-51-39-41(52-37-32-28-26-24-22-20-18-16-14-12-10-8-6-4-2)40-53-54(49,50)38-35-46-44(47)42-33-29-30-34-43(42)45(46)48/h29-30,33-34,41H,3-28,31-32,35-40H2,1-2H3,(H,49,50)/t41-/m1/s1. The van der Waals surface area contributed by atoms with Crippen LogP contribution in [-0.4, -0.2) is 66.8 Å². The van der Waals surface area contributed by atoms with Gasteiger partial charge in [0.2, 0.25) is 0 Å². The minimum Gasteiger partial charge on any atom is -0.379 e. The molecule has 1 heterocycles. The van der Waals surface area contributed by atoms with E-state index >= 15 is 0 Å². The molecular formula is C45H80NO7P. The van der Waals surface area contributed by atoms with Crippen molar-refractivity contribution >= 4 is 19.4 Å². The Labute approximate surface area is 330 Å². The molecule has 1 aromatic rings. The van der Waals surface area contributed by atoms with E-state index in [1.807, 2.05) is 0 Å². The van der Waals surface area contributed by atoms with Crippen LogP contribution in [0.1, 0.15) is 214 Å². The molecule has 0 spiro atoms. The number of fused-ring (bicyclic) bond motifs is 1. The van der Waals surface area contributed by atoms with Gasteiger partial charge >= 0.3 is 7.60 Å². The van der Waals surface area contributed by atoms with Crippen LogP contribution in [0.15, 0.2) is 24.3 Å². The Morgan fingerprint density at radius 2 is 0.926 bits per heavy atom. The average molecular weight is 778 g/mol. The first kappa shape index (κ1) is 48.6. The van der Waals surface area contributed by atoms with Gasteiger partial charge in [-0.1, -0.05) is 193 Å². The molecule has 2 amide bonds. The van der Waals surface area contributed by atoms with Crippen LogP contribution in [-0.2, 0) is 18.6 Å². The SMILES string of the molecule is CCCCCCCCCCCCCCCCOC[C@H](COP(=O)(O)CCN1C(=O)c2ccccc2C1=O)OCCCCCCCCCCCCCCCC. The predicted molar refractivity (Wildman–Crippen MR) is 224 cm³/mol. The number of hydrogen-bond donors (Lipinski definition) is 1. The molecule has 0 fully saturated rings. The highest BCUT2D eigenvalue weighted by atomic mass is 31.2. The molecule has 9 heteroatoms. The zero-order valence-electron chi connectivity index (χ0n) is 34.7. The second kappa shape index (κ2) is 32.5. The van der Waals surface area contributed by atoms with Gasteiger partial charge in [0.1, 0.15) is 6.10 Å². The summed E-state index contributed by atoms with van der Waals surface area (Å²) in [5, 5.41) is 0. The van der Waals surface area contributed by atoms with Crippen molar-refractivity contribution in [2.24, 2.45) is 0 Å². The molecule has 312 valence electrons. The number of carbonyl (C=O) groups excluding carboxylic acids is 2. The molecule has 0 saturated heterocycles. The largest absolute Gasteiger partial charge is 0.379 e. The van der Waals surface area contributed by atoms with Gasteiger partial charge in [-0.2, -0.15) is 0 Å². The maximum absolute atomic E-state index is 13.0. The Bertz CT molecular complexity index is 1100. The molecule has 2 atom stereocenters. The summed E-state index contributed by atoms with van der Waals surface area (Å²) in [7, 11) is -4.08. The summed E-state index contributed by atoms with van der Waals surface area (Å²) in [5.41, 5.74) is 0.646. The van der Waals surface area contributed by atoms with Crippen molar-refractivity contribution in [2.75, 3.05) is 39.1 Å². The van der Waals surface area contributed by atoms with E-state index in [1.165, 1.54) is 154 Å². The number of carbonyl (C=O) groups is 2. The number of nitrogens with zero attached hydrogens (tertiary/aromatic N) is 1. The van der Waals surface area contributed by atoms with Crippen LogP contribution in [0.2, 0.25) is 0 Å². The van der Waals surface area contributed by atoms with Crippen LogP contribution in [0.25, 0.3) is 0 Å². The highest BCUT2D eigenvalue weighted by molar-refractivity contribution is 7.52. The van der Waals surface area contributed by atoms with Crippen molar-refractivity contribution in [1.82, 2.24) is 4.90 Å². The summed E-state index contributed by atoms with van der Waals surface area (Å²) >= 11 is 0. The normalized spacial score (nSPS) is 14.5. The molecule has 0 radical (unpaired) electrons.